The Hall–Kier alpha value is -4.24. The molecule has 2 amide bonds. The molecule has 0 saturated carbocycles. The lowest BCUT2D eigenvalue weighted by Crippen LogP contribution is -2.37. The fourth-order valence-electron chi connectivity index (χ4n) is 4.33. The third-order valence-corrected chi connectivity index (χ3v) is 5.90. The Morgan fingerprint density at radius 3 is 2.12 bits per heavy atom. The van der Waals surface area contributed by atoms with Crippen molar-refractivity contribution in [3.63, 3.8) is 0 Å². The number of hydrogen-bond acceptors (Lipinski definition) is 7. The van der Waals surface area contributed by atoms with Gasteiger partial charge in [0.25, 0.3) is 11.6 Å². The maximum Gasteiger partial charge on any atom is 0.269 e. The van der Waals surface area contributed by atoms with Gasteiger partial charge >= 0.3 is 0 Å². The summed E-state index contributed by atoms with van der Waals surface area (Å²) in [5.41, 5.74) is 1.66. The summed E-state index contributed by atoms with van der Waals surface area (Å²) in [6.45, 7) is 0. The van der Waals surface area contributed by atoms with E-state index in [2.05, 4.69) is 0 Å². The zero-order valence-corrected chi connectivity index (χ0v) is 17.5. The molecule has 0 aliphatic carbocycles. The summed E-state index contributed by atoms with van der Waals surface area (Å²) in [6, 6.07) is 21.3. The summed E-state index contributed by atoms with van der Waals surface area (Å²) in [4.78, 5) is 44.4. The zero-order valence-electron chi connectivity index (χ0n) is 17.5. The van der Waals surface area contributed by atoms with Gasteiger partial charge in [-0.3, -0.25) is 24.5 Å². The lowest BCUT2D eigenvalue weighted by Gasteiger charge is -2.28. The molecule has 9 heteroatoms. The molecule has 3 atom stereocenters. The maximum atomic E-state index is 13.5. The Morgan fingerprint density at radius 1 is 0.879 bits per heavy atom. The van der Waals surface area contributed by atoms with E-state index < -0.39 is 34.8 Å². The van der Waals surface area contributed by atoms with E-state index in [1.165, 1.54) is 24.3 Å². The molecule has 3 aromatic carbocycles. The van der Waals surface area contributed by atoms with E-state index >= 15 is 0 Å². The molecule has 5 rings (SSSR count). The number of imide groups is 1. The van der Waals surface area contributed by atoms with Gasteiger partial charge in [0.1, 0.15) is 11.7 Å². The minimum Gasteiger partial charge on any atom is -0.497 e. The van der Waals surface area contributed by atoms with Crippen LogP contribution in [0.1, 0.15) is 11.6 Å². The third kappa shape index (κ3) is 3.39. The molecule has 2 aliphatic heterocycles. The predicted molar refractivity (Wildman–Crippen MR) is 119 cm³/mol. The standard InChI is InChI=1S/C24H19N3O6/c1-32-19-13-11-17(12-14-19)26-21(15-5-3-2-4-6-15)20-22(33-26)24(29)25(23(20)28)16-7-9-18(10-8-16)27(30)31/h2-14,20-22H,1H3. The van der Waals surface area contributed by atoms with Crippen molar-refractivity contribution < 1.29 is 24.1 Å². The number of hydroxylamine groups is 1. The molecule has 33 heavy (non-hydrogen) atoms. The lowest BCUT2D eigenvalue weighted by molar-refractivity contribution is -0.384. The number of rotatable bonds is 5. The number of non-ortho nitro benzene ring substituents is 1. The fraction of sp³-hybridized carbons (Fsp3) is 0.167. The second-order valence-corrected chi connectivity index (χ2v) is 7.72. The molecule has 0 bridgehead atoms. The zero-order chi connectivity index (χ0) is 23.1. The number of carbonyl (C=O) groups excluding carboxylic acids is 2. The van der Waals surface area contributed by atoms with Gasteiger partial charge in [-0.15, -0.1) is 0 Å². The quantitative estimate of drug-likeness (QED) is 0.336. The van der Waals surface area contributed by atoms with E-state index in [0.717, 1.165) is 10.5 Å². The number of anilines is 2. The lowest BCUT2D eigenvalue weighted by atomic mass is 9.90. The molecular formula is C24H19N3O6. The number of nitro benzene ring substituents is 1. The first-order chi connectivity index (χ1) is 16.0. The largest absolute Gasteiger partial charge is 0.497 e. The Kier molecular flexibility index (Phi) is 5.02. The number of benzene rings is 3. The van der Waals surface area contributed by atoms with Gasteiger partial charge in [-0.05, 0) is 42.0 Å². The SMILES string of the molecule is COc1ccc(N2OC3C(=O)N(c4ccc([N+](=O)[O-])cc4)C(=O)C3C2c2ccccc2)cc1. The fourth-order valence-corrected chi connectivity index (χ4v) is 4.33. The average Bonchev–Trinajstić information content (AvgIpc) is 3.35. The number of nitrogens with zero attached hydrogens (tertiary/aromatic N) is 3. The van der Waals surface area contributed by atoms with Crippen molar-refractivity contribution in [2.45, 2.75) is 12.1 Å². The first kappa shape index (κ1) is 20.7. The predicted octanol–water partition coefficient (Wildman–Crippen LogP) is 3.65. The summed E-state index contributed by atoms with van der Waals surface area (Å²) in [6.07, 6.45) is -1.01. The second kappa shape index (κ2) is 8.03. The van der Waals surface area contributed by atoms with Crippen molar-refractivity contribution in [2.75, 3.05) is 17.1 Å². The van der Waals surface area contributed by atoms with Gasteiger partial charge in [-0.1, -0.05) is 30.3 Å². The van der Waals surface area contributed by atoms with E-state index in [9.17, 15) is 19.7 Å². The van der Waals surface area contributed by atoms with Crippen LogP contribution in [0.2, 0.25) is 0 Å². The molecule has 0 spiro atoms. The molecule has 2 saturated heterocycles. The van der Waals surface area contributed by atoms with Crippen molar-refractivity contribution in [1.82, 2.24) is 0 Å². The molecule has 0 N–H and O–H groups in total. The van der Waals surface area contributed by atoms with E-state index in [1.807, 2.05) is 30.3 Å². The van der Waals surface area contributed by atoms with E-state index in [1.54, 1.807) is 36.4 Å². The first-order valence-electron chi connectivity index (χ1n) is 10.3. The summed E-state index contributed by atoms with van der Waals surface area (Å²) in [5.74, 6) is -1.03. The van der Waals surface area contributed by atoms with Crippen molar-refractivity contribution in [1.29, 1.82) is 0 Å². The average molecular weight is 445 g/mol. The molecule has 9 nitrogen and oxygen atoms in total. The Balaban J connectivity index is 1.53. The van der Waals surface area contributed by atoms with Gasteiger partial charge in [0.15, 0.2) is 6.10 Å². The van der Waals surface area contributed by atoms with Crippen LogP contribution in [0.5, 0.6) is 5.75 Å². The minimum absolute atomic E-state index is 0.123. The molecule has 2 fully saturated rings. The molecular weight excluding hydrogens is 426 g/mol. The smallest absolute Gasteiger partial charge is 0.269 e. The van der Waals surface area contributed by atoms with Gasteiger partial charge in [0.05, 0.1) is 29.4 Å². The normalized spacial score (nSPS) is 21.9. The molecule has 0 radical (unpaired) electrons. The summed E-state index contributed by atoms with van der Waals surface area (Å²) >= 11 is 0. The van der Waals surface area contributed by atoms with Gasteiger partial charge in [-0.2, -0.15) is 0 Å². The molecule has 2 aliphatic rings. The Morgan fingerprint density at radius 2 is 1.52 bits per heavy atom. The summed E-state index contributed by atoms with van der Waals surface area (Å²) < 4.78 is 5.22. The van der Waals surface area contributed by atoms with Crippen LogP contribution in [0, 0.1) is 16.0 Å². The molecule has 3 unspecified atom stereocenters. The van der Waals surface area contributed by atoms with Crippen LogP contribution in [0.3, 0.4) is 0 Å². The Bertz CT molecular complexity index is 1210. The van der Waals surface area contributed by atoms with Crippen molar-refractivity contribution in [3.05, 3.63) is 94.5 Å². The van der Waals surface area contributed by atoms with E-state index in [-0.39, 0.29) is 11.4 Å². The molecule has 3 aromatic rings. The number of amides is 2. The molecule has 2 heterocycles. The van der Waals surface area contributed by atoms with Crippen molar-refractivity contribution in [2.24, 2.45) is 5.92 Å². The number of nitro groups is 1. The van der Waals surface area contributed by atoms with Crippen molar-refractivity contribution in [3.8, 4) is 5.75 Å². The van der Waals surface area contributed by atoms with Gasteiger partial charge < -0.3 is 4.74 Å². The van der Waals surface area contributed by atoms with E-state index in [4.69, 9.17) is 9.57 Å². The number of fused-ring (bicyclic) bond motifs is 1. The van der Waals surface area contributed by atoms with Crippen LogP contribution in [0.4, 0.5) is 17.1 Å². The highest BCUT2D eigenvalue weighted by Gasteiger charge is 2.60. The Labute approximate surface area is 188 Å². The summed E-state index contributed by atoms with van der Waals surface area (Å²) in [5, 5.41) is 12.6. The second-order valence-electron chi connectivity index (χ2n) is 7.72. The number of hydrogen-bond donors (Lipinski definition) is 0. The highest BCUT2D eigenvalue weighted by Crippen LogP contribution is 2.47. The molecule has 0 aromatic heterocycles. The van der Waals surface area contributed by atoms with Crippen LogP contribution in [0.25, 0.3) is 0 Å². The molecule has 166 valence electrons. The van der Waals surface area contributed by atoms with Crippen LogP contribution in [-0.2, 0) is 14.4 Å². The highest BCUT2D eigenvalue weighted by atomic mass is 16.7. The van der Waals surface area contributed by atoms with Gasteiger partial charge in [0, 0.05) is 12.1 Å². The number of methoxy groups -OCH3 is 1. The summed E-state index contributed by atoms with van der Waals surface area (Å²) in [7, 11) is 1.57. The minimum atomic E-state index is -1.01. The number of ether oxygens (including phenoxy) is 1. The van der Waals surface area contributed by atoms with Crippen LogP contribution in [-0.4, -0.2) is 30.0 Å². The number of carbonyl (C=O) groups is 2. The highest BCUT2D eigenvalue weighted by molar-refractivity contribution is 6.23. The van der Waals surface area contributed by atoms with Crippen molar-refractivity contribution >= 4 is 28.9 Å². The van der Waals surface area contributed by atoms with Crippen LogP contribution >= 0.6 is 0 Å². The van der Waals surface area contributed by atoms with Crippen LogP contribution in [0.15, 0.2) is 78.9 Å². The van der Waals surface area contributed by atoms with E-state index in [0.29, 0.717) is 11.4 Å². The van der Waals surface area contributed by atoms with Gasteiger partial charge in [0.2, 0.25) is 5.91 Å². The first-order valence-corrected chi connectivity index (χ1v) is 10.3. The third-order valence-electron chi connectivity index (χ3n) is 5.90. The monoisotopic (exact) mass is 445 g/mol. The maximum absolute atomic E-state index is 13.5. The van der Waals surface area contributed by atoms with Gasteiger partial charge in [-0.25, -0.2) is 9.96 Å². The van der Waals surface area contributed by atoms with Crippen LogP contribution < -0.4 is 14.7 Å². The topological polar surface area (TPSA) is 102 Å².